The molecule has 0 radical (unpaired) electrons. The summed E-state index contributed by atoms with van der Waals surface area (Å²) in [5, 5.41) is 0.587. The molecule has 0 saturated heterocycles. The predicted molar refractivity (Wildman–Crippen MR) is 112 cm³/mol. The van der Waals surface area contributed by atoms with Crippen LogP contribution in [0.25, 0.3) is 0 Å². The molecule has 4 nitrogen and oxygen atoms in total. The van der Waals surface area contributed by atoms with E-state index in [2.05, 4.69) is 4.72 Å². The van der Waals surface area contributed by atoms with E-state index in [1.165, 1.54) is 0 Å². The maximum atomic E-state index is 12.5. The summed E-state index contributed by atoms with van der Waals surface area (Å²) in [4.78, 5) is 0.255. The molecular formula is C22H22ClNO3S. The average Bonchev–Trinajstić information content (AvgIpc) is 2.68. The number of hydrogen-bond acceptors (Lipinski definition) is 3. The second-order valence-corrected chi connectivity index (χ2v) is 8.68. The van der Waals surface area contributed by atoms with E-state index in [0.717, 1.165) is 11.1 Å². The quantitative estimate of drug-likeness (QED) is 0.554. The van der Waals surface area contributed by atoms with Crippen molar-refractivity contribution < 1.29 is 13.2 Å². The lowest BCUT2D eigenvalue weighted by atomic mass is 10.1. The van der Waals surface area contributed by atoms with Gasteiger partial charge in [-0.25, -0.2) is 13.1 Å². The first kappa shape index (κ1) is 20.4. The van der Waals surface area contributed by atoms with Crippen molar-refractivity contribution in [1.82, 2.24) is 4.72 Å². The van der Waals surface area contributed by atoms with Gasteiger partial charge in [0.25, 0.3) is 0 Å². The van der Waals surface area contributed by atoms with E-state index in [-0.39, 0.29) is 17.5 Å². The van der Waals surface area contributed by atoms with Crippen molar-refractivity contribution in [1.29, 1.82) is 0 Å². The Bertz CT molecular complexity index is 1010. The van der Waals surface area contributed by atoms with E-state index in [1.807, 2.05) is 49.4 Å². The van der Waals surface area contributed by atoms with E-state index >= 15 is 0 Å². The Hall–Kier alpha value is -2.34. The first-order chi connectivity index (χ1) is 13.4. The first-order valence-corrected chi connectivity index (χ1v) is 10.8. The Kier molecular flexibility index (Phi) is 6.73. The highest BCUT2D eigenvalue weighted by atomic mass is 35.5. The van der Waals surface area contributed by atoms with Gasteiger partial charge in [-0.1, -0.05) is 65.7 Å². The third kappa shape index (κ3) is 5.58. The number of sulfonamides is 1. The molecule has 0 amide bonds. The Morgan fingerprint density at radius 1 is 0.964 bits per heavy atom. The highest BCUT2D eigenvalue weighted by molar-refractivity contribution is 7.89. The zero-order chi connectivity index (χ0) is 20.0. The van der Waals surface area contributed by atoms with Gasteiger partial charge in [0.2, 0.25) is 10.0 Å². The zero-order valence-corrected chi connectivity index (χ0v) is 17.1. The summed E-state index contributed by atoms with van der Waals surface area (Å²) in [5.41, 5.74) is 1.98. The molecule has 3 aromatic rings. The normalized spacial score (nSPS) is 12.5. The summed E-state index contributed by atoms with van der Waals surface area (Å²) in [6.45, 7) is 2.16. The molecule has 3 aromatic carbocycles. The molecule has 1 N–H and O–H groups in total. The summed E-state index contributed by atoms with van der Waals surface area (Å²) in [6, 6.07) is 23.7. The average molecular weight is 416 g/mol. The molecule has 28 heavy (non-hydrogen) atoms. The van der Waals surface area contributed by atoms with Crippen molar-refractivity contribution >= 4 is 21.6 Å². The summed E-state index contributed by atoms with van der Waals surface area (Å²) < 4.78 is 33.7. The summed E-state index contributed by atoms with van der Waals surface area (Å²) in [7, 11) is -3.56. The van der Waals surface area contributed by atoms with Crippen molar-refractivity contribution in [3.8, 4) is 5.75 Å². The number of benzene rings is 3. The fraction of sp³-hybridized carbons (Fsp3) is 0.182. The van der Waals surface area contributed by atoms with Crippen LogP contribution < -0.4 is 9.46 Å². The molecule has 0 heterocycles. The standard InChI is InChI=1S/C22H22ClNO3S/c1-17-10-12-21(13-11-17)28(25,26)24-15-14-22(18-6-3-2-4-7-18)27-20-9-5-8-19(23)16-20/h2-13,16,22,24H,14-15H2,1H3. The molecule has 0 saturated carbocycles. The molecule has 1 unspecified atom stereocenters. The van der Waals surface area contributed by atoms with Gasteiger partial charge in [-0.3, -0.25) is 0 Å². The van der Waals surface area contributed by atoms with Gasteiger partial charge < -0.3 is 4.74 Å². The van der Waals surface area contributed by atoms with E-state index in [1.54, 1.807) is 36.4 Å². The summed E-state index contributed by atoms with van der Waals surface area (Å²) in [5.74, 6) is 0.641. The van der Waals surface area contributed by atoms with Crippen LogP contribution in [0.2, 0.25) is 5.02 Å². The van der Waals surface area contributed by atoms with Crippen LogP contribution in [0.4, 0.5) is 0 Å². The summed E-state index contributed by atoms with van der Waals surface area (Å²) in [6.07, 6.45) is 0.169. The Balaban J connectivity index is 1.70. The van der Waals surface area contributed by atoms with Gasteiger partial charge in [0.1, 0.15) is 11.9 Å². The van der Waals surface area contributed by atoms with Crippen LogP contribution in [-0.4, -0.2) is 15.0 Å². The Morgan fingerprint density at radius 3 is 2.36 bits per heavy atom. The lowest BCUT2D eigenvalue weighted by Gasteiger charge is -2.20. The van der Waals surface area contributed by atoms with Gasteiger partial charge >= 0.3 is 0 Å². The van der Waals surface area contributed by atoms with Crippen LogP contribution in [0, 0.1) is 6.92 Å². The second kappa shape index (κ2) is 9.24. The first-order valence-electron chi connectivity index (χ1n) is 8.97. The topological polar surface area (TPSA) is 55.4 Å². The molecule has 146 valence electrons. The lowest BCUT2D eigenvalue weighted by molar-refractivity contribution is 0.196. The van der Waals surface area contributed by atoms with E-state index in [4.69, 9.17) is 16.3 Å². The van der Waals surface area contributed by atoms with Crippen molar-refractivity contribution in [2.75, 3.05) is 6.54 Å². The molecule has 1 atom stereocenters. The predicted octanol–water partition coefficient (Wildman–Crippen LogP) is 5.14. The number of aryl methyl sites for hydroxylation is 1. The largest absolute Gasteiger partial charge is 0.486 e. The molecule has 0 spiro atoms. The van der Waals surface area contributed by atoms with Crippen molar-refractivity contribution in [3.63, 3.8) is 0 Å². The van der Waals surface area contributed by atoms with Crippen LogP contribution in [-0.2, 0) is 10.0 Å². The van der Waals surface area contributed by atoms with E-state index in [9.17, 15) is 8.42 Å². The molecular weight excluding hydrogens is 394 g/mol. The smallest absolute Gasteiger partial charge is 0.240 e. The minimum absolute atomic E-state index is 0.246. The second-order valence-electron chi connectivity index (χ2n) is 6.47. The van der Waals surface area contributed by atoms with Crippen LogP contribution in [0.3, 0.4) is 0 Å². The van der Waals surface area contributed by atoms with Gasteiger partial charge in [-0.15, -0.1) is 0 Å². The van der Waals surface area contributed by atoms with Crippen LogP contribution in [0.15, 0.2) is 83.8 Å². The van der Waals surface area contributed by atoms with Gasteiger partial charge in [-0.05, 0) is 42.8 Å². The number of ether oxygens (including phenoxy) is 1. The number of nitrogens with one attached hydrogen (secondary N) is 1. The maximum Gasteiger partial charge on any atom is 0.240 e. The van der Waals surface area contributed by atoms with Crippen molar-refractivity contribution in [3.05, 3.63) is 95.0 Å². The van der Waals surface area contributed by atoms with Crippen LogP contribution in [0.5, 0.6) is 5.75 Å². The molecule has 3 rings (SSSR count). The zero-order valence-electron chi connectivity index (χ0n) is 15.5. The molecule has 6 heteroatoms. The molecule has 0 fully saturated rings. The minimum Gasteiger partial charge on any atom is -0.486 e. The van der Waals surface area contributed by atoms with Gasteiger partial charge in [0, 0.05) is 18.0 Å². The third-order valence-electron chi connectivity index (χ3n) is 4.28. The fourth-order valence-corrected chi connectivity index (χ4v) is 4.02. The fourth-order valence-electron chi connectivity index (χ4n) is 2.79. The highest BCUT2D eigenvalue weighted by Crippen LogP contribution is 2.26. The van der Waals surface area contributed by atoms with Crippen molar-refractivity contribution in [2.24, 2.45) is 0 Å². The molecule has 0 bridgehead atoms. The van der Waals surface area contributed by atoms with Crippen LogP contribution in [0.1, 0.15) is 23.7 Å². The highest BCUT2D eigenvalue weighted by Gasteiger charge is 2.17. The molecule has 0 aromatic heterocycles. The van der Waals surface area contributed by atoms with E-state index in [0.29, 0.717) is 17.2 Å². The molecule has 0 aliphatic heterocycles. The summed E-state index contributed by atoms with van der Waals surface area (Å²) >= 11 is 6.05. The van der Waals surface area contributed by atoms with Gasteiger partial charge in [0.15, 0.2) is 0 Å². The number of rotatable bonds is 8. The SMILES string of the molecule is Cc1ccc(S(=O)(=O)NCCC(Oc2cccc(Cl)c2)c2ccccc2)cc1. The number of hydrogen-bond donors (Lipinski definition) is 1. The Morgan fingerprint density at radius 2 is 1.68 bits per heavy atom. The van der Waals surface area contributed by atoms with Gasteiger partial charge in [-0.2, -0.15) is 0 Å². The van der Waals surface area contributed by atoms with Crippen molar-refractivity contribution in [2.45, 2.75) is 24.3 Å². The lowest BCUT2D eigenvalue weighted by Crippen LogP contribution is -2.26. The Labute approximate surface area is 171 Å². The maximum absolute atomic E-state index is 12.5. The monoisotopic (exact) mass is 415 g/mol. The number of halogens is 1. The third-order valence-corrected chi connectivity index (χ3v) is 5.99. The minimum atomic E-state index is -3.56. The van der Waals surface area contributed by atoms with Gasteiger partial charge in [0.05, 0.1) is 4.90 Å². The van der Waals surface area contributed by atoms with Crippen LogP contribution >= 0.6 is 11.6 Å². The molecule has 0 aliphatic rings. The van der Waals surface area contributed by atoms with E-state index < -0.39 is 10.0 Å². The molecule has 0 aliphatic carbocycles.